The number of rotatable bonds is 7. The van der Waals surface area contributed by atoms with Crippen molar-refractivity contribution in [3.63, 3.8) is 0 Å². The Morgan fingerprint density at radius 2 is 1.70 bits per heavy atom. The summed E-state index contributed by atoms with van der Waals surface area (Å²) in [6, 6.07) is 8.94. The van der Waals surface area contributed by atoms with Crippen LogP contribution in [0.3, 0.4) is 0 Å². The number of aliphatic hydroxyl groups excluding tert-OH is 4. The van der Waals surface area contributed by atoms with Gasteiger partial charge in [0, 0.05) is 0 Å². The lowest BCUT2D eigenvalue weighted by molar-refractivity contribution is -0.0958. The second-order valence-corrected chi connectivity index (χ2v) is 4.14. The van der Waals surface area contributed by atoms with E-state index < -0.39 is 37.7 Å². The molecule has 20 heavy (non-hydrogen) atoms. The number of hydrogen-bond donors (Lipinski definition) is 4. The summed E-state index contributed by atoms with van der Waals surface area (Å²) in [7, 11) is 0. The molecule has 0 spiro atoms. The molecule has 1 aromatic rings. The topological polar surface area (TPSA) is 116 Å². The monoisotopic (exact) mass is 286 g/mol. The largest absolute Gasteiger partial charge is 0.508 e. The molecule has 1 rings (SSSR count). The zero-order chi connectivity index (χ0) is 15.0. The summed E-state index contributed by atoms with van der Waals surface area (Å²) in [5.74, 6) is 0. The quantitative estimate of drug-likeness (QED) is 0.495. The Morgan fingerprint density at radius 3 is 2.30 bits per heavy atom. The molecule has 0 aliphatic carbocycles. The third-order valence-corrected chi connectivity index (χ3v) is 2.55. The van der Waals surface area contributed by atoms with Gasteiger partial charge in [-0.3, -0.25) is 0 Å². The molecule has 7 nitrogen and oxygen atoms in total. The van der Waals surface area contributed by atoms with Crippen LogP contribution in [-0.2, 0) is 16.1 Å². The molecule has 0 saturated heterocycles. The first-order valence-electron chi connectivity index (χ1n) is 6.03. The van der Waals surface area contributed by atoms with E-state index >= 15 is 0 Å². The molecule has 0 aliphatic rings. The van der Waals surface area contributed by atoms with E-state index in [4.69, 9.17) is 14.9 Å². The lowest BCUT2D eigenvalue weighted by Gasteiger charge is -2.20. The average molecular weight is 286 g/mol. The van der Waals surface area contributed by atoms with Gasteiger partial charge in [-0.05, 0) is 5.56 Å². The van der Waals surface area contributed by atoms with Gasteiger partial charge in [0.2, 0.25) is 0 Å². The number of benzene rings is 1. The minimum atomic E-state index is -1.61. The van der Waals surface area contributed by atoms with Crippen molar-refractivity contribution in [3.05, 3.63) is 35.9 Å². The first-order chi connectivity index (χ1) is 9.54. The van der Waals surface area contributed by atoms with Crippen molar-refractivity contribution >= 4 is 6.16 Å². The third kappa shape index (κ3) is 5.54. The van der Waals surface area contributed by atoms with Crippen LogP contribution >= 0.6 is 0 Å². The van der Waals surface area contributed by atoms with Gasteiger partial charge in [0.1, 0.15) is 31.5 Å². The fourth-order valence-electron chi connectivity index (χ4n) is 1.37. The van der Waals surface area contributed by atoms with E-state index in [9.17, 15) is 15.0 Å². The van der Waals surface area contributed by atoms with Crippen molar-refractivity contribution in [2.75, 3.05) is 13.2 Å². The average Bonchev–Trinajstić information content (AvgIpc) is 2.49. The number of hydrogen-bond acceptors (Lipinski definition) is 7. The van der Waals surface area contributed by atoms with E-state index in [0.29, 0.717) is 0 Å². The summed E-state index contributed by atoms with van der Waals surface area (Å²) < 4.78 is 9.36. The summed E-state index contributed by atoms with van der Waals surface area (Å²) in [4.78, 5) is 11.2. The summed E-state index contributed by atoms with van der Waals surface area (Å²) in [6.07, 6.45) is -5.63. The van der Waals surface area contributed by atoms with Gasteiger partial charge in [-0.2, -0.15) is 0 Å². The van der Waals surface area contributed by atoms with Crippen molar-refractivity contribution in [3.8, 4) is 0 Å². The van der Waals surface area contributed by atoms with Crippen LogP contribution in [0.2, 0.25) is 0 Å². The van der Waals surface area contributed by atoms with Gasteiger partial charge < -0.3 is 29.9 Å². The first-order valence-corrected chi connectivity index (χ1v) is 6.03. The third-order valence-electron chi connectivity index (χ3n) is 2.55. The molecule has 7 heteroatoms. The van der Waals surface area contributed by atoms with E-state index in [-0.39, 0.29) is 6.61 Å². The highest BCUT2D eigenvalue weighted by Crippen LogP contribution is 2.04. The summed E-state index contributed by atoms with van der Waals surface area (Å²) in [5.41, 5.74) is 0.778. The van der Waals surface area contributed by atoms with Gasteiger partial charge in [-0.15, -0.1) is 0 Å². The molecule has 0 saturated carbocycles. The van der Waals surface area contributed by atoms with Crippen LogP contribution in [0.25, 0.3) is 0 Å². The SMILES string of the molecule is O=C(OCc1ccccc1)OCC(O)C(O)C(O)CO. The summed E-state index contributed by atoms with van der Waals surface area (Å²) in [6.45, 7) is -1.24. The molecule has 3 unspecified atom stereocenters. The second kappa shape index (κ2) is 8.49. The van der Waals surface area contributed by atoms with Gasteiger partial charge in [-0.1, -0.05) is 30.3 Å². The summed E-state index contributed by atoms with van der Waals surface area (Å²) >= 11 is 0. The lowest BCUT2D eigenvalue weighted by Crippen LogP contribution is -2.42. The zero-order valence-corrected chi connectivity index (χ0v) is 10.8. The van der Waals surface area contributed by atoms with E-state index in [1.807, 2.05) is 6.07 Å². The molecule has 112 valence electrons. The van der Waals surface area contributed by atoms with E-state index in [0.717, 1.165) is 5.56 Å². The van der Waals surface area contributed by atoms with Crippen molar-refractivity contribution in [2.24, 2.45) is 0 Å². The molecule has 0 amide bonds. The van der Waals surface area contributed by atoms with E-state index in [1.165, 1.54) is 0 Å². The number of carbonyl (C=O) groups is 1. The second-order valence-electron chi connectivity index (χ2n) is 4.14. The summed E-state index contributed by atoms with van der Waals surface area (Å²) in [5, 5.41) is 36.4. The molecule has 1 aromatic carbocycles. The maximum Gasteiger partial charge on any atom is 0.508 e. The lowest BCUT2D eigenvalue weighted by atomic mass is 10.1. The van der Waals surface area contributed by atoms with Crippen LogP contribution in [0.1, 0.15) is 5.56 Å². The Hall–Kier alpha value is -1.67. The Bertz CT molecular complexity index is 395. The normalized spacial score (nSPS) is 15.2. The molecule has 0 heterocycles. The Balaban J connectivity index is 2.26. The molecule has 0 aromatic heterocycles. The highest BCUT2D eigenvalue weighted by Gasteiger charge is 2.25. The smallest absolute Gasteiger partial charge is 0.431 e. The van der Waals surface area contributed by atoms with Crippen molar-refractivity contribution in [1.29, 1.82) is 0 Å². The van der Waals surface area contributed by atoms with Gasteiger partial charge in [0.15, 0.2) is 0 Å². The number of aliphatic hydroxyl groups is 4. The van der Waals surface area contributed by atoms with Gasteiger partial charge >= 0.3 is 6.16 Å². The molecule has 0 radical (unpaired) electrons. The zero-order valence-electron chi connectivity index (χ0n) is 10.8. The number of carbonyl (C=O) groups excluding carboxylic acids is 1. The fraction of sp³-hybridized carbons (Fsp3) is 0.462. The van der Waals surface area contributed by atoms with Crippen LogP contribution in [0, 0.1) is 0 Å². The Kier molecular flexibility index (Phi) is 6.96. The maximum absolute atomic E-state index is 11.2. The van der Waals surface area contributed by atoms with Crippen molar-refractivity contribution < 1.29 is 34.7 Å². The van der Waals surface area contributed by atoms with Gasteiger partial charge in [0.05, 0.1) is 6.61 Å². The van der Waals surface area contributed by atoms with Gasteiger partial charge in [-0.25, -0.2) is 4.79 Å². The standard InChI is InChI=1S/C13H18O7/c14-6-10(15)12(17)11(16)8-20-13(18)19-7-9-4-2-1-3-5-9/h1-5,10-12,14-17H,6-8H2. The van der Waals surface area contributed by atoms with Gasteiger partial charge in [0.25, 0.3) is 0 Å². The van der Waals surface area contributed by atoms with E-state index in [2.05, 4.69) is 4.74 Å². The van der Waals surface area contributed by atoms with Crippen molar-refractivity contribution in [1.82, 2.24) is 0 Å². The number of ether oxygens (including phenoxy) is 2. The van der Waals surface area contributed by atoms with Crippen LogP contribution in [-0.4, -0.2) is 58.1 Å². The fourth-order valence-corrected chi connectivity index (χ4v) is 1.37. The molecular formula is C13H18O7. The van der Waals surface area contributed by atoms with Crippen molar-refractivity contribution in [2.45, 2.75) is 24.9 Å². The molecule has 0 fully saturated rings. The molecule has 0 aliphatic heterocycles. The minimum Gasteiger partial charge on any atom is -0.431 e. The predicted octanol–water partition coefficient (Wildman–Crippen LogP) is -0.585. The highest BCUT2D eigenvalue weighted by molar-refractivity contribution is 5.59. The molecule has 3 atom stereocenters. The Labute approximate surface area is 116 Å². The predicted molar refractivity (Wildman–Crippen MR) is 67.7 cm³/mol. The highest BCUT2D eigenvalue weighted by atomic mass is 16.7. The van der Waals surface area contributed by atoms with Crippen LogP contribution in [0.4, 0.5) is 4.79 Å². The Morgan fingerprint density at radius 1 is 1.05 bits per heavy atom. The first kappa shape index (κ1) is 16.4. The molecular weight excluding hydrogens is 268 g/mol. The minimum absolute atomic E-state index is 0.0254. The van der Waals surface area contributed by atoms with Crippen LogP contribution in [0.5, 0.6) is 0 Å². The molecule has 0 bridgehead atoms. The van der Waals surface area contributed by atoms with E-state index in [1.54, 1.807) is 24.3 Å². The van der Waals surface area contributed by atoms with Crippen LogP contribution in [0.15, 0.2) is 30.3 Å². The van der Waals surface area contributed by atoms with Crippen LogP contribution < -0.4 is 0 Å². The maximum atomic E-state index is 11.2. The molecule has 4 N–H and O–H groups in total.